The van der Waals surface area contributed by atoms with Crippen LogP contribution >= 0.6 is 0 Å². The number of nitrogens with two attached hydrogens (primary N) is 3. The van der Waals surface area contributed by atoms with Crippen LogP contribution in [0.4, 0.5) is 0 Å². The smallest absolute Gasteiger partial charge is 0.326 e. The SMILES string of the molecule is C[C@@H](O)[C@H](N)C(=O)N[C@@H](CC(N)=O)C(=O)N[C@H](C(=O)NCC(=O)N[C@@H](CCC(N)=O)C(=O)N[C@@H](Cc1ccccc1)C(=O)N[C@@H](CC(=O)O)C(=O)N1CCC[C@H]1C(=O)O)[C@@H](C)O. The topological polar surface area (TPSA) is 422 Å². The summed E-state index contributed by atoms with van der Waals surface area (Å²) in [7, 11) is 0. The molecule has 0 spiro atoms. The summed E-state index contributed by atoms with van der Waals surface area (Å²) in [4.78, 5) is 140. The van der Waals surface area contributed by atoms with Crippen molar-refractivity contribution in [1.29, 1.82) is 0 Å². The van der Waals surface area contributed by atoms with Gasteiger partial charge in [-0.2, -0.15) is 0 Å². The Hall–Kier alpha value is -6.73. The molecule has 0 aliphatic carbocycles. The van der Waals surface area contributed by atoms with Crippen LogP contribution in [0.25, 0.3) is 0 Å². The average Bonchev–Trinajstić information content (AvgIpc) is 3.69. The number of aliphatic hydroxyl groups is 2. The molecule has 16 N–H and O–H groups in total. The molecule has 9 atom stereocenters. The van der Waals surface area contributed by atoms with E-state index in [4.69, 9.17) is 17.2 Å². The molecule has 342 valence electrons. The van der Waals surface area contributed by atoms with E-state index in [0.717, 1.165) is 11.8 Å². The number of likely N-dealkylation sites (tertiary alicyclic amines) is 1. The standard InChI is InChI=1S/C37H54N10O15/c1-17(48)29(40)34(58)44-22(14-26(39)51)33(57)46-30(18(2)49)35(59)41-16-27(52)42-20(10-11-25(38)50)31(55)43-21(13-19-7-4-3-5-8-19)32(56)45-23(15-28(53)54)36(60)47-12-6-9-24(47)37(61)62/h3-5,7-8,17-18,20-24,29-30,48-49H,6,9-16,40H2,1-2H3,(H2,38,50)(H2,39,51)(H,41,59)(H,42,52)(H,43,55)(H,44,58)(H,45,56)(H,46,57)(H,53,54)(H,61,62)/t17-,18-,20+,21+,22+,23+,24+,29+,30+/m1/s1. The Labute approximate surface area is 354 Å². The number of amides is 9. The summed E-state index contributed by atoms with van der Waals surface area (Å²) >= 11 is 0. The normalized spacial score (nSPS) is 17.2. The van der Waals surface area contributed by atoms with Gasteiger partial charge in [-0.25, -0.2) is 4.79 Å². The number of carbonyl (C=O) groups is 11. The van der Waals surface area contributed by atoms with Crippen molar-refractivity contribution in [2.24, 2.45) is 17.2 Å². The van der Waals surface area contributed by atoms with E-state index in [0.29, 0.717) is 12.0 Å². The zero-order chi connectivity index (χ0) is 46.8. The highest BCUT2D eigenvalue weighted by atomic mass is 16.4. The number of rotatable bonds is 25. The van der Waals surface area contributed by atoms with Crippen molar-refractivity contribution in [2.75, 3.05) is 13.1 Å². The van der Waals surface area contributed by atoms with Crippen molar-refractivity contribution in [3.63, 3.8) is 0 Å². The van der Waals surface area contributed by atoms with Gasteiger partial charge >= 0.3 is 11.9 Å². The lowest BCUT2D eigenvalue weighted by atomic mass is 10.0. The van der Waals surface area contributed by atoms with Crippen LogP contribution < -0.4 is 49.1 Å². The van der Waals surface area contributed by atoms with Gasteiger partial charge in [0.25, 0.3) is 0 Å². The highest BCUT2D eigenvalue weighted by Gasteiger charge is 2.40. The Balaban J connectivity index is 2.27. The summed E-state index contributed by atoms with van der Waals surface area (Å²) < 4.78 is 0. The minimum absolute atomic E-state index is 0.0137. The summed E-state index contributed by atoms with van der Waals surface area (Å²) in [5.74, 6) is -12.4. The van der Waals surface area contributed by atoms with Gasteiger partial charge < -0.3 is 74.4 Å². The van der Waals surface area contributed by atoms with Crippen molar-refractivity contribution >= 4 is 65.1 Å². The lowest BCUT2D eigenvalue weighted by Crippen LogP contribution is -2.60. The van der Waals surface area contributed by atoms with E-state index in [1.54, 1.807) is 30.3 Å². The number of carboxylic acids is 2. The molecule has 1 fully saturated rings. The first-order chi connectivity index (χ1) is 29.0. The summed E-state index contributed by atoms with van der Waals surface area (Å²) in [5, 5.41) is 52.4. The summed E-state index contributed by atoms with van der Waals surface area (Å²) in [5.41, 5.74) is 16.5. The third-order valence-electron chi connectivity index (χ3n) is 9.41. The van der Waals surface area contributed by atoms with Crippen LogP contribution in [0.5, 0.6) is 0 Å². The Morgan fingerprint density at radius 1 is 0.710 bits per heavy atom. The zero-order valence-corrected chi connectivity index (χ0v) is 33.9. The van der Waals surface area contributed by atoms with Crippen molar-refractivity contribution < 1.29 is 73.2 Å². The van der Waals surface area contributed by atoms with Gasteiger partial charge in [-0.3, -0.25) is 47.9 Å². The molecule has 1 aliphatic rings. The molecule has 25 heteroatoms. The molecule has 0 unspecified atom stereocenters. The summed E-state index contributed by atoms with van der Waals surface area (Å²) in [6.07, 6.45) is -5.48. The van der Waals surface area contributed by atoms with Crippen LogP contribution in [-0.4, -0.2) is 158 Å². The molecule has 0 saturated carbocycles. The maximum atomic E-state index is 13.8. The quantitative estimate of drug-likeness (QED) is 0.0434. The van der Waals surface area contributed by atoms with Crippen molar-refractivity contribution in [2.45, 2.75) is 113 Å². The van der Waals surface area contributed by atoms with Crippen LogP contribution in [-0.2, 0) is 59.2 Å². The molecule has 1 heterocycles. The van der Waals surface area contributed by atoms with Gasteiger partial charge in [0.05, 0.1) is 31.6 Å². The molecule has 9 amide bonds. The van der Waals surface area contributed by atoms with E-state index in [-0.39, 0.29) is 19.4 Å². The second-order valence-corrected chi connectivity index (χ2v) is 14.5. The predicted octanol–water partition coefficient (Wildman–Crippen LogP) is -6.45. The first-order valence-electron chi connectivity index (χ1n) is 19.3. The largest absolute Gasteiger partial charge is 0.481 e. The number of aliphatic hydroxyl groups excluding tert-OH is 2. The van der Waals surface area contributed by atoms with E-state index < -0.39 is 152 Å². The molecule has 0 aromatic heterocycles. The van der Waals surface area contributed by atoms with Crippen molar-refractivity contribution in [1.82, 2.24) is 36.8 Å². The second kappa shape index (κ2) is 24.5. The molecular weight excluding hydrogens is 824 g/mol. The van der Waals surface area contributed by atoms with E-state index in [9.17, 15) is 73.2 Å². The highest BCUT2D eigenvalue weighted by Crippen LogP contribution is 2.19. The number of hydrogen-bond acceptors (Lipinski definition) is 14. The van der Waals surface area contributed by atoms with Crippen LogP contribution in [0.3, 0.4) is 0 Å². The fourth-order valence-corrected chi connectivity index (χ4v) is 6.10. The van der Waals surface area contributed by atoms with E-state index >= 15 is 0 Å². The summed E-state index contributed by atoms with van der Waals surface area (Å²) in [6, 6.07) is -3.14. The van der Waals surface area contributed by atoms with Crippen LogP contribution in [0.15, 0.2) is 30.3 Å². The van der Waals surface area contributed by atoms with Crippen LogP contribution in [0.2, 0.25) is 0 Å². The molecule has 0 bridgehead atoms. The number of nitrogens with zero attached hydrogens (tertiary/aromatic N) is 1. The number of nitrogens with one attached hydrogen (secondary N) is 6. The van der Waals surface area contributed by atoms with E-state index in [2.05, 4.69) is 31.9 Å². The number of carboxylic acid groups (broad SMARTS) is 2. The Kier molecular flexibility index (Phi) is 20.3. The number of aliphatic carboxylic acids is 2. The van der Waals surface area contributed by atoms with E-state index in [1.165, 1.54) is 6.92 Å². The molecule has 0 radical (unpaired) electrons. The molecule has 1 aromatic rings. The summed E-state index contributed by atoms with van der Waals surface area (Å²) in [6.45, 7) is 1.35. The Bertz CT molecular complexity index is 1830. The molecule has 2 rings (SSSR count). The lowest BCUT2D eigenvalue weighted by Gasteiger charge is -2.28. The molecular formula is C37H54N10O15. The average molecular weight is 879 g/mol. The molecule has 1 saturated heterocycles. The van der Waals surface area contributed by atoms with Gasteiger partial charge in [0.2, 0.25) is 53.2 Å². The minimum Gasteiger partial charge on any atom is -0.481 e. The predicted molar refractivity (Wildman–Crippen MR) is 211 cm³/mol. The van der Waals surface area contributed by atoms with Crippen LogP contribution in [0, 0.1) is 0 Å². The number of carbonyl (C=O) groups excluding carboxylic acids is 9. The highest BCUT2D eigenvalue weighted by molar-refractivity contribution is 5.98. The maximum absolute atomic E-state index is 13.8. The fourth-order valence-electron chi connectivity index (χ4n) is 6.10. The number of hydrogen-bond donors (Lipinski definition) is 13. The second-order valence-electron chi connectivity index (χ2n) is 14.5. The van der Waals surface area contributed by atoms with Crippen LogP contribution in [0.1, 0.15) is 57.9 Å². The van der Waals surface area contributed by atoms with Gasteiger partial charge in [0.15, 0.2) is 0 Å². The number of primary amides is 2. The zero-order valence-electron chi connectivity index (χ0n) is 33.9. The third kappa shape index (κ3) is 16.7. The Morgan fingerprint density at radius 3 is 1.84 bits per heavy atom. The van der Waals surface area contributed by atoms with Gasteiger partial charge in [-0.15, -0.1) is 0 Å². The molecule has 1 aromatic carbocycles. The Morgan fingerprint density at radius 2 is 1.29 bits per heavy atom. The lowest BCUT2D eigenvalue weighted by molar-refractivity contribution is -0.150. The molecule has 62 heavy (non-hydrogen) atoms. The van der Waals surface area contributed by atoms with Gasteiger partial charge in [0, 0.05) is 19.4 Å². The first kappa shape index (κ1) is 51.4. The van der Waals surface area contributed by atoms with Gasteiger partial charge in [-0.05, 0) is 38.7 Å². The fraction of sp³-hybridized carbons (Fsp3) is 0.541. The van der Waals surface area contributed by atoms with Crippen molar-refractivity contribution in [3.8, 4) is 0 Å². The number of benzene rings is 1. The third-order valence-corrected chi connectivity index (χ3v) is 9.41. The van der Waals surface area contributed by atoms with Crippen molar-refractivity contribution in [3.05, 3.63) is 35.9 Å². The monoisotopic (exact) mass is 878 g/mol. The van der Waals surface area contributed by atoms with E-state index in [1.807, 2.05) is 0 Å². The molecule has 1 aliphatic heterocycles. The van der Waals surface area contributed by atoms with Gasteiger partial charge in [0.1, 0.15) is 42.3 Å². The first-order valence-corrected chi connectivity index (χ1v) is 19.3. The maximum Gasteiger partial charge on any atom is 0.326 e. The van der Waals surface area contributed by atoms with Gasteiger partial charge in [-0.1, -0.05) is 30.3 Å². The molecule has 25 nitrogen and oxygen atoms in total. The minimum atomic E-state index is -1.81.